The summed E-state index contributed by atoms with van der Waals surface area (Å²) in [4.78, 5) is 0. The van der Waals surface area contributed by atoms with Crippen LogP contribution in [0.2, 0.25) is 0 Å². The maximum atomic E-state index is 5.66. The first-order valence-corrected chi connectivity index (χ1v) is 6.35. The molecule has 0 bridgehead atoms. The average Bonchev–Trinajstić information content (AvgIpc) is 2.22. The van der Waals surface area contributed by atoms with E-state index in [2.05, 4.69) is 20.8 Å². The van der Waals surface area contributed by atoms with Crippen molar-refractivity contribution in [2.45, 2.75) is 66.4 Å². The lowest BCUT2D eigenvalue weighted by Gasteiger charge is -2.31. The van der Waals surface area contributed by atoms with Crippen LogP contribution in [-0.4, -0.2) is 12.7 Å². The van der Waals surface area contributed by atoms with E-state index < -0.39 is 0 Å². The Hall–Kier alpha value is -0.0400. The van der Waals surface area contributed by atoms with Gasteiger partial charge in [0, 0.05) is 6.61 Å². The van der Waals surface area contributed by atoms with Gasteiger partial charge >= 0.3 is 0 Å². The Morgan fingerprint density at radius 1 is 1.21 bits per heavy atom. The van der Waals surface area contributed by atoms with Gasteiger partial charge in [-0.05, 0) is 31.6 Å². The van der Waals surface area contributed by atoms with Crippen molar-refractivity contribution in [3.8, 4) is 0 Å². The fourth-order valence-electron chi connectivity index (χ4n) is 2.17. The van der Waals surface area contributed by atoms with E-state index in [4.69, 9.17) is 4.74 Å². The Kier molecular flexibility index (Phi) is 8.26. The molecule has 0 N–H and O–H groups in total. The SMILES string of the molecule is CC.CCOC1CCCC(C(C)C)C1. The molecule has 1 rings (SSSR count). The van der Waals surface area contributed by atoms with Crippen molar-refractivity contribution >= 4 is 0 Å². The third kappa shape index (κ3) is 4.99. The standard InChI is InChI=1S/C11H22O.C2H6/c1-4-12-11-7-5-6-10(8-11)9(2)3;1-2/h9-11H,4-8H2,1-3H3;1-2H3. The smallest absolute Gasteiger partial charge is 0.0577 e. The topological polar surface area (TPSA) is 9.23 Å². The van der Waals surface area contributed by atoms with E-state index in [0.717, 1.165) is 18.4 Å². The predicted octanol–water partition coefficient (Wildman–Crippen LogP) is 4.26. The summed E-state index contributed by atoms with van der Waals surface area (Å²) in [5.74, 6) is 1.75. The first-order valence-electron chi connectivity index (χ1n) is 6.35. The molecule has 0 saturated heterocycles. The first-order chi connectivity index (χ1) is 6.74. The van der Waals surface area contributed by atoms with Crippen LogP contribution in [0.3, 0.4) is 0 Å². The Bertz CT molecular complexity index is 118. The molecule has 0 radical (unpaired) electrons. The zero-order valence-electron chi connectivity index (χ0n) is 10.7. The zero-order valence-corrected chi connectivity index (χ0v) is 10.7. The van der Waals surface area contributed by atoms with E-state index in [9.17, 15) is 0 Å². The molecule has 1 nitrogen and oxygen atoms in total. The lowest BCUT2D eigenvalue weighted by atomic mass is 9.80. The minimum Gasteiger partial charge on any atom is -0.378 e. The largest absolute Gasteiger partial charge is 0.378 e. The second kappa shape index (κ2) is 8.28. The lowest BCUT2D eigenvalue weighted by Crippen LogP contribution is -2.25. The highest BCUT2D eigenvalue weighted by molar-refractivity contribution is 4.75. The van der Waals surface area contributed by atoms with Crippen molar-refractivity contribution in [1.29, 1.82) is 0 Å². The van der Waals surface area contributed by atoms with Gasteiger partial charge < -0.3 is 4.74 Å². The van der Waals surface area contributed by atoms with E-state index in [-0.39, 0.29) is 0 Å². The maximum absolute atomic E-state index is 5.66. The zero-order chi connectivity index (χ0) is 11.0. The molecule has 1 fully saturated rings. The molecule has 14 heavy (non-hydrogen) atoms. The molecule has 2 unspecified atom stereocenters. The second-order valence-electron chi connectivity index (χ2n) is 4.25. The molecule has 0 aromatic carbocycles. The Labute approximate surface area is 90.2 Å². The Morgan fingerprint density at radius 3 is 2.36 bits per heavy atom. The van der Waals surface area contributed by atoms with Crippen LogP contribution in [0.25, 0.3) is 0 Å². The lowest BCUT2D eigenvalue weighted by molar-refractivity contribution is 0.0128. The minimum absolute atomic E-state index is 0.566. The number of hydrogen-bond acceptors (Lipinski definition) is 1. The van der Waals surface area contributed by atoms with Crippen molar-refractivity contribution < 1.29 is 4.74 Å². The maximum Gasteiger partial charge on any atom is 0.0577 e. The Balaban J connectivity index is 0.000000791. The summed E-state index contributed by atoms with van der Waals surface area (Å²) in [7, 11) is 0. The van der Waals surface area contributed by atoms with Gasteiger partial charge in [-0.1, -0.05) is 40.5 Å². The van der Waals surface area contributed by atoms with Crippen LogP contribution in [0, 0.1) is 11.8 Å². The molecule has 86 valence electrons. The summed E-state index contributed by atoms with van der Waals surface area (Å²) >= 11 is 0. The third-order valence-electron chi connectivity index (χ3n) is 3.01. The molecule has 1 aliphatic rings. The van der Waals surface area contributed by atoms with Gasteiger partial charge in [0.1, 0.15) is 0 Å². The summed E-state index contributed by atoms with van der Waals surface area (Å²) in [6.07, 6.45) is 5.94. The fourth-order valence-corrected chi connectivity index (χ4v) is 2.17. The van der Waals surface area contributed by atoms with Crippen LogP contribution in [0.15, 0.2) is 0 Å². The van der Waals surface area contributed by atoms with Gasteiger partial charge in [-0.15, -0.1) is 0 Å². The van der Waals surface area contributed by atoms with E-state index >= 15 is 0 Å². The van der Waals surface area contributed by atoms with Crippen LogP contribution in [0.4, 0.5) is 0 Å². The minimum atomic E-state index is 0.566. The van der Waals surface area contributed by atoms with Gasteiger partial charge in [0.15, 0.2) is 0 Å². The Morgan fingerprint density at radius 2 is 1.86 bits per heavy atom. The number of hydrogen-bond donors (Lipinski definition) is 0. The molecule has 2 atom stereocenters. The van der Waals surface area contributed by atoms with E-state index in [1.165, 1.54) is 25.7 Å². The van der Waals surface area contributed by atoms with Crippen molar-refractivity contribution in [2.24, 2.45) is 11.8 Å². The second-order valence-corrected chi connectivity index (χ2v) is 4.25. The van der Waals surface area contributed by atoms with E-state index in [0.29, 0.717) is 6.10 Å². The molecule has 0 aliphatic heterocycles. The van der Waals surface area contributed by atoms with E-state index in [1.807, 2.05) is 13.8 Å². The molecular formula is C13H28O. The van der Waals surface area contributed by atoms with Gasteiger partial charge in [-0.2, -0.15) is 0 Å². The average molecular weight is 200 g/mol. The van der Waals surface area contributed by atoms with Gasteiger partial charge in [0.25, 0.3) is 0 Å². The van der Waals surface area contributed by atoms with Crippen LogP contribution < -0.4 is 0 Å². The molecule has 0 heterocycles. The van der Waals surface area contributed by atoms with Crippen molar-refractivity contribution in [3.63, 3.8) is 0 Å². The quantitative estimate of drug-likeness (QED) is 0.661. The van der Waals surface area contributed by atoms with Crippen LogP contribution in [0.5, 0.6) is 0 Å². The molecule has 0 aromatic heterocycles. The summed E-state index contributed by atoms with van der Waals surface area (Å²) in [6.45, 7) is 11.6. The predicted molar refractivity (Wildman–Crippen MR) is 63.6 cm³/mol. The highest BCUT2D eigenvalue weighted by atomic mass is 16.5. The highest BCUT2D eigenvalue weighted by Crippen LogP contribution is 2.31. The van der Waals surface area contributed by atoms with Gasteiger partial charge in [0.2, 0.25) is 0 Å². The summed E-state index contributed by atoms with van der Waals surface area (Å²) in [5.41, 5.74) is 0. The van der Waals surface area contributed by atoms with Gasteiger partial charge in [-0.3, -0.25) is 0 Å². The molecule has 0 amide bonds. The molecule has 1 saturated carbocycles. The molecular weight excluding hydrogens is 172 g/mol. The third-order valence-corrected chi connectivity index (χ3v) is 3.01. The molecule has 0 aromatic rings. The monoisotopic (exact) mass is 200 g/mol. The molecule has 0 spiro atoms. The van der Waals surface area contributed by atoms with Crippen LogP contribution in [0.1, 0.15) is 60.3 Å². The van der Waals surface area contributed by atoms with E-state index in [1.54, 1.807) is 0 Å². The summed E-state index contributed by atoms with van der Waals surface area (Å²) in [5, 5.41) is 0. The first kappa shape index (κ1) is 14.0. The number of ether oxygens (including phenoxy) is 1. The molecule has 1 aliphatic carbocycles. The summed E-state index contributed by atoms with van der Waals surface area (Å²) < 4.78 is 5.66. The van der Waals surface area contributed by atoms with Crippen molar-refractivity contribution in [1.82, 2.24) is 0 Å². The van der Waals surface area contributed by atoms with Crippen molar-refractivity contribution in [2.75, 3.05) is 6.61 Å². The van der Waals surface area contributed by atoms with Gasteiger partial charge in [0.05, 0.1) is 6.10 Å². The highest BCUT2D eigenvalue weighted by Gasteiger charge is 2.23. The molecule has 1 heteroatoms. The number of rotatable bonds is 3. The van der Waals surface area contributed by atoms with Crippen LogP contribution in [-0.2, 0) is 4.74 Å². The van der Waals surface area contributed by atoms with Gasteiger partial charge in [-0.25, -0.2) is 0 Å². The van der Waals surface area contributed by atoms with Crippen LogP contribution >= 0.6 is 0 Å². The fraction of sp³-hybridized carbons (Fsp3) is 1.00. The normalized spacial score (nSPS) is 27.0. The van der Waals surface area contributed by atoms with Crippen molar-refractivity contribution in [3.05, 3.63) is 0 Å². The summed E-state index contributed by atoms with van der Waals surface area (Å²) in [6, 6.07) is 0.